The first-order valence-electron chi connectivity index (χ1n) is 12.2. The maximum atomic E-state index is 14.5. The smallest absolute Gasteiger partial charge is 0.406 e. The van der Waals surface area contributed by atoms with Gasteiger partial charge in [0, 0.05) is 31.1 Å². The Morgan fingerprint density at radius 3 is 2.68 bits per heavy atom. The molecule has 2 amide bonds. The van der Waals surface area contributed by atoms with Gasteiger partial charge in [-0.2, -0.15) is 0 Å². The molecule has 0 bridgehead atoms. The van der Waals surface area contributed by atoms with Crippen LogP contribution >= 0.6 is 11.3 Å². The Balaban J connectivity index is 1.40. The van der Waals surface area contributed by atoms with Gasteiger partial charge in [-0.1, -0.05) is 29.5 Å². The molecule has 0 spiro atoms. The normalized spacial score (nSPS) is 12.5. The minimum atomic E-state index is -4.84. The zero-order valence-corrected chi connectivity index (χ0v) is 22.6. The summed E-state index contributed by atoms with van der Waals surface area (Å²) in [6.07, 6.45) is -3.45. The van der Waals surface area contributed by atoms with Crippen LogP contribution in [0.1, 0.15) is 28.2 Å². The van der Waals surface area contributed by atoms with E-state index in [1.165, 1.54) is 12.1 Å². The van der Waals surface area contributed by atoms with E-state index in [2.05, 4.69) is 30.6 Å². The molecule has 0 radical (unpaired) electrons. The number of halogens is 4. The summed E-state index contributed by atoms with van der Waals surface area (Å²) >= 11 is 1.03. The summed E-state index contributed by atoms with van der Waals surface area (Å²) in [5, 5.41) is 14.5. The Labute approximate surface area is 236 Å². The Hall–Kier alpha value is -4.31. The molecule has 0 saturated carbocycles. The number of carbonyl (C=O) groups excluding carboxylic acids is 2. The Kier molecular flexibility index (Phi) is 10.9. The molecule has 2 heterocycles. The van der Waals surface area contributed by atoms with Crippen LogP contribution in [0.25, 0.3) is 0 Å². The Morgan fingerprint density at radius 2 is 1.98 bits per heavy atom. The third-order valence-electron chi connectivity index (χ3n) is 5.28. The number of nitrogens with zero attached hydrogens (tertiary/aromatic N) is 4. The second-order valence-electron chi connectivity index (χ2n) is 8.83. The van der Waals surface area contributed by atoms with Crippen LogP contribution < -0.4 is 26.9 Å². The highest BCUT2D eigenvalue weighted by molar-refractivity contribution is 7.15. The first kappa shape index (κ1) is 31.2. The van der Waals surface area contributed by atoms with E-state index in [-0.39, 0.29) is 43.2 Å². The van der Waals surface area contributed by atoms with Crippen molar-refractivity contribution in [3.05, 3.63) is 76.3 Å². The third kappa shape index (κ3) is 11.4. The molecule has 6 N–H and O–H groups in total. The number of nitrogens with one attached hydrogen (secondary N) is 2. The van der Waals surface area contributed by atoms with Crippen LogP contribution in [0.5, 0.6) is 5.75 Å². The lowest BCUT2D eigenvalue weighted by Gasteiger charge is -2.17. The number of ether oxygens (including phenoxy) is 1. The number of anilines is 1. The first-order chi connectivity index (χ1) is 19.4. The molecule has 11 nitrogen and oxygen atoms in total. The predicted molar refractivity (Wildman–Crippen MR) is 143 cm³/mol. The topological polar surface area (TPSA) is 161 Å². The number of aromatic nitrogens is 3. The molecular weight excluding hydrogens is 568 g/mol. The molecular formula is C25H28F4N8O3S. The average Bonchev–Trinajstić information content (AvgIpc) is 3.33. The van der Waals surface area contributed by atoms with Gasteiger partial charge in [0.2, 0.25) is 11.0 Å². The van der Waals surface area contributed by atoms with Gasteiger partial charge in [0.1, 0.15) is 22.6 Å². The summed E-state index contributed by atoms with van der Waals surface area (Å²) in [4.78, 5) is 28.6. The lowest BCUT2D eigenvalue weighted by atomic mass is 10.1. The van der Waals surface area contributed by atoms with Gasteiger partial charge in [0.25, 0.3) is 5.91 Å². The van der Waals surface area contributed by atoms with Crippen molar-refractivity contribution in [3.63, 3.8) is 0 Å². The molecule has 0 saturated heterocycles. The number of pyridine rings is 1. The molecule has 3 aromatic rings. The highest BCUT2D eigenvalue weighted by Gasteiger charge is 2.31. The quantitative estimate of drug-likeness (QED) is 0.101. The average molecular weight is 597 g/mol. The molecule has 0 aliphatic carbocycles. The number of amides is 2. The van der Waals surface area contributed by atoms with Crippen molar-refractivity contribution >= 4 is 28.3 Å². The van der Waals surface area contributed by atoms with Gasteiger partial charge in [-0.3, -0.25) is 14.6 Å². The molecule has 220 valence electrons. The van der Waals surface area contributed by atoms with Gasteiger partial charge < -0.3 is 26.1 Å². The van der Waals surface area contributed by atoms with E-state index in [9.17, 15) is 27.2 Å². The minimum Gasteiger partial charge on any atom is -0.406 e. The van der Waals surface area contributed by atoms with Gasteiger partial charge in [-0.25, -0.2) is 10.2 Å². The van der Waals surface area contributed by atoms with Crippen molar-refractivity contribution in [2.45, 2.75) is 45.3 Å². The van der Waals surface area contributed by atoms with Crippen molar-refractivity contribution in [1.29, 1.82) is 0 Å². The number of nitrogens with two attached hydrogens (primary N) is 2. The SMILES string of the molecule is Cc1ccc(CNC(=O)/C(N)=C/N(N)CC(F)CCc2nnc(NC(=O)Cc3cccc(OC(F)(F)F)c3)s2)cn1. The van der Waals surface area contributed by atoms with Crippen LogP contribution in [0.15, 0.2) is 54.5 Å². The van der Waals surface area contributed by atoms with Crippen molar-refractivity contribution in [2.75, 3.05) is 11.9 Å². The van der Waals surface area contributed by atoms with Gasteiger partial charge in [0.05, 0.1) is 13.0 Å². The highest BCUT2D eigenvalue weighted by Crippen LogP contribution is 2.24. The monoisotopic (exact) mass is 596 g/mol. The maximum absolute atomic E-state index is 14.5. The first-order valence-corrected chi connectivity index (χ1v) is 13.0. The number of carbonyl (C=O) groups is 2. The van der Waals surface area contributed by atoms with E-state index < -0.39 is 30.1 Å². The lowest BCUT2D eigenvalue weighted by molar-refractivity contribution is -0.274. The second-order valence-corrected chi connectivity index (χ2v) is 9.89. The second kappa shape index (κ2) is 14.4. The molecule has 0 fully saturated rings. The van der Waals surface area contributed by atoms with Crippen LogP contribution in [-0.2, 0) is 29.0 Å². The summed E-state index contributed by atoms with van der Waals surface area (Å²) in [6, 6.07) is 8.69. The molecule has 3 rings (SSSR count). The lowest BCUT2D eigenvalue weighted by Crippen LogP contribution is -2.36. The molecule has 2 aromatic heterocycles. The van der Waals surface area contributed by atoms with Crippen LogP contribution in [0.4, 0.5) is 22.7 Å². The molecule has 1 aromatic carbocycles. The zero-order valence-electron chi connectivity index (χ0n) is 21.8. The molecule has 0 aliphatic heterocycles. The summed E-state index contributed by atoms with van der Waals surface area (Å²) in [5.74, 6) is 4.25. The number of benzene rings is 1. The summed E-state index contributed by atoms with van der Waals surface area (Å²) < 4.78 is 55.5. The summed E-state index contributed by atoms with van der Waals surface area (Å²) in [5.41, 5.74) is 7.50. The van der Waals surface area contributed by atoms with E-state index in [0.29, 0.717) is 10.6 Å². The predicted octanol–water partition coefficient (Wildman–Crippen LogP) is 2.88. The number of hydrazine groups is 1. The molecule has 41 heavy (non-hydrogen) atoms. The summed E-state index contributed by atoms with van der Waals surface area (Å²) in [7, 11) is 0. The fraction of sp³-hybridized carbons (Fsp3) is 0.320. The fourth-order valence-electron chi connectivity index (χ4n) is 3.38. The maximum Gasteiger partial charge on any atom is 0.573 e. The van der Waals surface area contributed by atoms with Gasteiger partial charge in [-0.15, -0.1) is 23.4 Å². The van der Waals surface area contributed by atoms with Gasteiger partial charge >= 0.3 is 6.36 Å². The highest BCUT2D eigenvalue weighted by atomic mass is 32.1. The minimum absolute atomic E-state index is 0.0304. The van der Waals surface area contributed by atoms with Crippen molar-refractivity contribution < 1.29 is 31.9 Å². The van der Waals surface area contributed by atoms with Crippen LogP contribution in [0.2, 0.25) is 0 Å². The molecule has 0 aliphatic rings. The summed E-state index contributed by atoms with van der Waals surface area (Å²) in [6.45, 7) is 1.82. The van der Waals surface area contributed by atoms with E-state index >= 15 is 0 Å². The molecule has 16 heteroatoms. The Bertz CT molecular complexity index is 1350. The number of hydrogen-bond donors (Lipinski definition) is 4. The third-order valence-corrected chi connectivity index (χ3v) is 6.18. The number of rotatable bonds is 13. The zero-order chi connectivity index (χ0) is 30.0. The van der Waals surface area contributed by atoms with Gasteiger partial charge in [-0.05, 0) is 42.7 Å². The number of hydrogen-bond acceptors (Lipinski definition) is 10. The Morgan fingerprint density at radius 1 is 1.20 bits per heavy atom. The van der Waals surface area contributed by atoms with Gasteiger partial charge in [0.15, 0.2) is 0 Å². The fourth-order valence-corrected chi connectivity index (χ4v) is 4.16. The van der Waals surface area contributed by atoms with Crippen LogP contribution in [0.3, 0.4) is 0 Å². The number of alkyl halides is 4. The van der Waals surface area contributed by atoms with E-state index in [1.54, 1.807) is 6.20 Å². The van der Waals surface area contributed by atoms with Crippen molar-refractivity contribution in [1.82, 2.24) is 25.5 Å². The van der Waals surface area contributed by atoms with Crippen molar-refractivity contribution in [3.8, 4) is 5.75 Å². The number of aryl methyl sites for hydroxylation is 2. The van der Waals surface area contributed by atoms with Crippen LogP contribution in [0, 0.1) is 6.92 Å². The van der Waals surface area contributed by atoms with E-state index in [4.69, 9.17) is 11.6 Å². The largest absolute Gasteiger partial charge is 0.573 e. The standard InChI is InChI=1S/C25H28F4N8O3S/c1-15-5-6-17(11-32-15)12-33-23(39)20(30)14-37(31)13-18(26)7-8-22-35-36-24(41-22)34-21(38)10-16-3-2-4-19(9-16)40-25(27,28)29/h2-6,9,11,14,18H,7-8,10,12-13,30-31H2,1H3,(H,33,39)(H,34,36,38)/b20-14-. The van der Waals surface area contributed by atoms with Crippen LogP contribution in [-0.4, -0.2) is 51.1 Å². The van der Waals surface area contributed by atoms with Crippen molar-refractivity contribution in [2.24, 2.45) is 11.6 Å². The van der Waals surface area contributed by atoms with E-state index in [1.807, 2.05) is 19.1 Å². The van der Waals surface area contributed by atoms with E-state index in [0.717, 1.165) is 45.9 Å². The molecule has 1 unspecified atom stereocenters. The molecule has 1 atom stereocenters.